The molecule has 0 amide bonds. The monoisotopic (exact) mass is 547 g/mol. The van der Waals surface area contributed by atoms with E-state index in [2.05, 4.69) is 0 Å². The van der Waals surface area contributed by atoms with Gasteiger partial charge in [-0.05, 0) is 87.5 Å². The van der Waals surface area contributed by atoms with Crippen molar-refractivity contribution in [3.63, 3.8) is 0 Å². The Labute approximate surface area is 210 Å². The minimum Gasteiger partial charge on any atom is -0.395 e. The van der Waals surface area contributed by atoms with Gasteiger partial charge < -0.3 is 25.2 Å². The van der Waals surface area contributed by atoms with E-state index in [1.54, 1.807) is 0 Å². The Morgan fingerprint density at radius 2 is 1.44 bits per heavy atom. The highest BCUT2D eigenvalue weighted by molar-refractivity contribution is 7.86. The van der Waals surface area contributed by atoms with Crippen molar-refractivity contribution in [2.75, 3.05) is 32.9 Å². The molecule has 0 aromatic rings. The largest absolute Gasteiger partial charge is 0.522 e. The van der Waals surface area contributed by atoms with Gasteiger partial charge in [-0.3, -0.25) is 9.45 Å². The molecule has 5 rings (SSSR count). The first kappa shape index (κ1) is 30.0. The van der Waals surface area contributed by atoms with Crippen LogP contribution in [0.4, 0.5) is 13.2 Å². The van der Waals surface area contributed by atoms with Crippen LogP contribution in [-0.2, 0) is 14.9 Å². The summed E-state index contributed by atoms with van der Waals surface area (Å²) in [4.78, 5) is 1.90. The first-order valence-corrected chi connectivity index (χ1v) is 14.2. The zero-order valence-electron chi connectivity index (χ0n) is 20.4. The quantitative estimate of drug-likeness (QED) is 0.165. The van der Waals surface area contributed by atoms with E-state index in [9.17, 15) is 33.6 Å². The second kappa shape index (κ2) is 12.1. The minimum absolute atomic E-state index is 0.209. The summed E-state index contributed by atoms with van der Waals surface area (Å²) in [5.41, 5.74) is -5.04. The molecule has 1 heterocycles. The smallest absolute Gasteiger partial charge is 0.395 e. The number of hydrogen-bond acceptors (Lipinski definition) is 8. The Morgan fingerprint density at radius 1 is 0.917 bits per heavy atom. The maximum absolute atomic E-state index is 10.7. The van der Waals surface area contributed by atoms with Gasteiger partial charge >= 0.3 is 15.6 Å². The van der Waals surface area contributed by atoms with Gasteiger partial charge in [0.2, 0.25) is 0 Å². The topological polar surface area (TPSA) is 148 Å². The number of aliphatic hydroxyl groups excluding tert-OH is 4. The molecule has 0 spiro atoms. The number of hydrogen-bond donors (Lipinski definition) is 5. The number of halogens is 3. The fourth-order valence-electron chi connectivity index (χ4n) is 7.09. The second-order valence-electron chi connectivity index (χ2n) is 11.2. The molecule has 5 N–H and O–H groups in total. The summed E-state index contributed by atoms with van der Waals surface area (Å²) in [6.45, 7) is 2.56. The molecular weight excluding hydrogens is 507 g/mol. The number of nitrogens with zero attached hydrogens (tertiary/aromatic N) is 1. The lowest BCUT2D eigenvalue weighted by atomic mass is 9.50. The fraction of sp³-hybridized carbons (Fsp3) is 1.00. The molecule has 0 aromatic heterocycles. The van der Waals surface area contributed by atoms with E-state index in [0.29, 0.717) is 18.5 Å². The summed E-state index contributed by atoms with van der Waals surface area (Å²) in [5, 5.41) is 39.2. The zero-order chi connectivity index (χ0) is 26.7. The van der Waals surface area contributed by atoms with Crippen LogP contribution < -0.4 is 0 Å². The molecule has 0 aromatic carbocycles. The normalized spacial score (nSPS) is 38.6. The Morgan fingerprint density at radius 3 is 1.92 bits per heavy atom. The molecule has 1 saturated heterocycles. The number of unbranched alkanes of at least 4 members (excludes halogenated alkanes) is 2. The predicted octanol–water partition coefficient (Wildman–Crippen LogP) is 1.54. The Hall–Kier alpha value is -0.540. The van der Waals surface area contributed by atoms with Crippen LogP contribution in [-0.4, -0.2) is 101 Å². The Kier molecular flexibility index (Phi) is 10.1. The van der Waals surface area contributed by atoms with Crippen LogP contribution in [0.5, 0.6) is 0 Å². The summed E-state index contributed by atoms with van der Waals surface area (Å²) < 4.78 is 63.7. The lowest BCUT2D eigenvalue weighted by Crippen LogP contribution is -2.62. The minimum atomic E-state index is -5.84. The summed E-state index contributed by atoms with van der Waals surface area (Å²) in [6.07, 6.45) is 8.38. The van der Waals surface area contributed by atoms with Crippen molar-refractivity contribution in [3.8, 4) is 0 Å². The predicted molar refractivity (Wildman–Crippen MR) is 123 cm³/mol. The zero-order valence-corrected chi connectivity index (χ0v) is 21.2. The maximum atomic E-state index is 10.7. The van der Waals surface area contributed by atoms with Gasteiger partial charge in [-0.15, -0.1) is 0 Å². The van der Waals surface area contributed by atoms with Crippen LogP contribution in [0.1, 0.15) is 57.8 Å². The molecular formula is C23H40F3NO8S. The van der Waals surface area contributed by atoms with Gasteiger partial charge in [-0.1, -0.05) is 0 Å². The van der Waals surface area contributed by atoms with Crippen molar-refractivity contribution in [2.24, 2.45) is 23.2 Å². The van der Waals surface area contributed by atoms with Crippen molar-refractivity contribution in [1.29, 1.82) is 0 Å². The Balaban J connectivity index is 0.000000392. The SMILES string of the molecule is O=S(=O)(O)C(F)(F)F.OC[C@@H]1[C@H](O)[C@H](O)[C@@H](O)CN1CCCCCOCC12CC3CC(CC(C3)C1)C2. The van der Waals surface area contributed by atoms with E-state index in [4.69, 9.17) is 17.7 Å². The molecule has 4 aliphatic carbocycles. The van der Waals surface area contributed by atoms with E-state index in [0.717, 1.165) is 50.2 Å². The van der Waals surface area contributed by atoms with E-state index in [1.807, 2.05) is 4.90 Å². The van der Waals surface area contributed by atoms with Gasteiger partial charge in [0.15, 0.2) is 0 Å². The summed E-state index contributed by atoms with van der Waals surface area (Å²) in [6, 6.07) is -0.495. The molecule has 212 valence electrons. The molecule has 5 fully saturated rings. The van der Waals surface area contributed by atoms with Crippen LogP contribution in [0, 0.1) is 23.2 Å². The number of likely N-dealkylation sites (tertiary alicyclic amines) is 1. The first-order chi connectivity index (χ1) is 16.7. The molecule has 5 aliphatic rings. The average molecular weight is 548 g/mol. The van der Waals surface area contributed by atoms with Gasteiger partial charge in [0.25, 0.3) is 0 Å². The van der Waals surface area contributed by atoms with Crippen molar-refractivity contribution in [2.45, 2.75) is 87.6 Å². The highest BCUT2D eigenvalue weighted by atomic mass is 32.2. The fourth-order valence-corrected chi connectivity index (χ4v) is 7.09. The third kappa shape index (κ3) is 7.52. The van der Waals surface area contributed by atoms with Gasteiger partial charge in [-0.25, -0.2) is 0 Å². The highest BCUT2D eigenvalue weighted by Gasteiger charge is 2.51. The number of alkyl halides is 3. The van der Waals surface area contributed by atoms with Crippen molar-refractivity contribution >= 4 is 10.1 Å². The summed E-state index contributed by atoms with van der Waals surface area (Å²) in [5.74, 6) is 2.93. The van der Waals surface area contributed by atoms with Gasteiger partial charge in [0.05, 0.1) is 25.4 Å². The second-order valence-corrected chi connectivity index (χ2v) is 12.7. The molecule has 13 heteroatoms. The van der Waals surface area contributed by atoms with Crippen molar-refractivity contribution in [1.82, 2.24) is 4.90 Å². The molecule has 4 atom stereocenters. The van der Waals surface area contributed by atoms with E-state index in [-0.39, 0.29) is 6.61 Å². The number of ether oxygens (including phenoxy) is 1. The molecule has 9 nitrogen and oxygen atoms in total. The van der Waals surface area contributed by atoms with Crippen LogP contribution in [0.25, 0.3) is 0 Å². The molecule has 4 bridgehead atoms. The van der Waals surface area contributed by atoms with Crippen molar-refractivity contribution in [3.05, 3.63) is 0 Å². The van der Waals surface area contributed by atoms with Gasteiger partial charge in [0, 0.05) is 13.2 Å². The number of rotatable bonds is 9. The lowest BCUT2D eigenvalue weighted by Gasteiger charge is -2.56. The first-order valence-electron chi connectivity index (χ1n) is 12.8. The van der Waals surface area contributed by atoms with Crippen LogP contribution in [0.15, 0.2) is 0 Å². The maximum Gasteiger partial charge on any atom is 0.522 e. The molecule has 1 aliphatic heterocycles. The lowest BCUT2D eigenvalue weighted by molar-refractivity contribution is -0.145. The summed E-state index contributed by atoms with van der Waals surface area (Å²) in [7, 11) is -5.84. The highest BCUT2D eigenvalue weighted by Crippen LogP contribution is 2.60. The van der Waals surface area contributed by atoms with Gasteiger partial charge in [0.1, 0.15) is 12.2 Å². The standard InChI is InChI=1S/C22H39NO5.CHF3O3S/c24-13-18-20(26)21(27)19(25)12-23(18)4-2-1-3-5-28-14-22-9-15-6-16(10-22)8-17(7-15)11-22;2-1(3,4)8(5,6)7/h15-21,24-27H,1-14H2;(H,5,6,7)/t15?,16?,17?,18-,19+,20+,21-,22?;/m1./s1. The van der Waals surface area contributed by atoms with Gasteiger partial charge in [-0.2, -0.15) is 21.6 Å². The average Bonchev–Trinajstić information content (AvgIpc) is 2.75. The number of β-amino-alcohol motifs (C(OH)–C–C–N with tert-alkyl or cyclic N) is 1. The van der Waals surface area contributed by atoms with E-state index in [1.165, 1.54) is 38.5 Å². The van der Waals surface area contributed by atoms with Crippen molar-refractivity contribution < 1.29 is 51.3 Å². The molecule has 4 saturated carbocycles. The third-order valence-electron chi connectivity index (χ3n) is 8.32. The molecule has 36 heavy (non-hydrogen) atoms. The number of piperidine rings is 1. The van der Waals surface area contributed by atoms with Crippen LogP contribution in [0.3, 0.4) is 0 Å². The summed E-state index contributed by atoms with van der Waals surface area (Å²) >= 11 is 0. The third-order valence-corrected chi connectivity index (χ3v) is 8.90. The van der Waals surface area contributed by atoms with E-state index >= 15 is 0 Å². The molecule has 0 unspecified atom stereocenters. The number of aliphatic hydroxyl groups is 4. The van der Waals surface area contributed by atoms with Crippen LogP contribution in [0.2, 0.25) is 0 Å². The van der Waals surface area contributed by atoms with E-state index < -0.39 is 40.0 Å². The van der Waals surface area contributed by atoms with Crippen LogP contribution >= 0.6 is 0 Å². The Bertz CT molecular complexity index is 776. The molecule has 0 radical (unpaired) electrons.